The quantitative estimate of drug-likeness (QED) is 0.709. The summed E-state index contributed by atoms with van der Waals surface area (Å²) >= 11 is 0. The minimum Gasteiger partial charge on any atom is -0.440 e. The van der Waals surface area contributed by atoms with E-state index in [9.17, 15) is 9.59 Å². The Morgan fingerprint density at radius 1 is 1.03 bits per heavy atom. The molecule has 2 amide bonds. The third kappa shape index (κ3) is 4.66. The number of morpholine rings is 1. The number of hydrogen-bond donors (Lipinski definition) is 0. The van der Waals surface area contributed by atoms with Gasteiger partial charge >= 0.3 is 0 Å². The molecule has 0 N–H and O–H groups in total. The fourth-order valence-corrected chi connectivity index (χ4v) is 5.09. The lowest BCUT2D eigenvalue weighted by Gasteiger charge is -2.38. The lowest BCUT2D eigenvalue weighted by atomic mass is 9.92. The van der Waals surface area contributed by atoms with Gasteiger partial charge in [0.05, 0.1) is 19.1 Å². The predicted molar refractivity (Wildman–Crippen MR) is 119 cm³/mol. The van der Waals surface area contributed by atoms with Crippen LogP contribution in [-0.2, 0) is 14.3 Å². The molecule has 32 heavy (non-hydrogen) atoms. The molecule has 0 aliphatic carbocycles. The van der Waals surface area contributed by atoms with E-state index in [0.717, 1.165) is 75.8 Å². The fraction of sp³-hybridized carbons (Fsp3) is 0.625. The molecule has 3 fully saturated rings. The average Bonchev–Trinajstić information content (AvgIpc) is 3.28. The van der Waals surface area contributed by atoms with Crippen LogP contribution in [0.3, 0.4) is 0 Å². The Hall–Kier alpha value is -2.45. The molecular formula is C24H32N4O4. The third-order valence-corrected chi connectivity index (χ3v) is 7.11. The van der Waals surface area contributed by atoms with Crippen molar-refractivity contribution in [1.82, 2.24) is 19.7 Å². The Balaban J connectivity index is 1.13. The smallest absolute Gasteiger partial charge is 0.227 e. The number of nitrogens with zero attached hydrogens (tertiary/aromatic N) is 4. The molecule has 3 saturated heterocycles. The standard InChI is InChI=1S/C24H32N4O4/c29-22-6-5-19(17-28(22)12-11-26-13-15-31-16-14-26)24(30)27-9-7-18(8-10-27)23-25-20-3-1-2-4-21(20)32-23/h1-4,18-19H,5-17H2/t19-/m1/s1. The lowest BCUT2D eigenvalue weighted by molar-refractivity contribution is -0.144. The van der Waals surface area contributed by atoms with E-state index in [4.69, 9.17) is 9.15 Å². The highest BCUT2D eigenvalue weighted by Crippen LogP contribution is 2.31. The topological polar surface area (TPSA) is 79.1 Å². The second-order valence-corrected chi connectivity index (χ2v) is 9.15. The van der Waals surface area contributed by atoms with E-state index in [2.05, 4.69) is 9.88 Å². The van der Waals surface area contributed by atoms with E-state index in [1.807, 2.05) is 34.1 Å². The summed E-state index contributed by atoms with van der Waals surface area (Å²) in [7, 11) is 0. The van der Waals surface area contributed by atoms with Crippen molar-refractivity contribution < 1.29 is 18.7 Å². The van der Waals surface area contributed by atoms with Gasteiger partial charge in [-0.3, -0.25) is 14.5 Å². The number of para-hydroxylation sites is 2. The van der Waals surface area contributed by atoms with Crippen LogP contribution in [0.15, 0.2) is 28.7 Å². The first-order valence-corrected chi connectivity index (χ1v) is 11.9. The van der Waals surface area contributed by atoms with Crippen LogP contribution < -0.4 is 0 Å². The summed E-state index contributed by atoms with van der Waals surface area (Å²) in [6.45, 7) is 6.89. The number of oxazole rings is 1. The molecule has 3 aliphatic rings. The Labute approximate surface area is 188 Å². The van der Waals surface area contributed by atoms with E-state index < -0.39 is 0 Å². The van der Waals surface area contributed by atoms with E-state index in [1.165, 1.54) is 0 Å². The van der Waals surface area contributed by atoms with Crippen molar-refractivity contribution in [2.24, 2.45) is 5.92 Å². The molecule has 0 bridgehead atoms. The summed E-state index contributed by atoms with van der Waals surface area (Å²) in [5.74, 6) is 1.33. The van der Waals surface area contributed by atoms with Gasteiger partial charge in [-0.1, -0.05) is 12.1 Å². The highest BCUT2D eigenvalue weighted by molar-refractivity contribution is 5.84. The van der Waals surface area contributed by atoms with Crippen LogP contribution in [0.1, 0.15) is 37.5 Å². The van der Waals surface area contributed by atoms with Gasteiger partial charge in [-0.2, -0.15) is 0 Å². The molecule has 4 heterocycles. The van der Waals surface area contributed by atoms with Gasteiger partial charge < -0.3 is 19.0 Å². The maximum absolute atomic E-state index is 13.2. The highest BCUT2D eigenvalue weighted by atomic mass is 16.5. The number of hydrogen-bond acceptors (Lipinski definition) is 6. The van der Waals surface area contributed by atoms with Crippen LogP contribution in [0.2, 0.25) is 0 Å². The minimum absolute atomic E-state index is 0.0849. The van der Waals surface area contributed by atoms with Gasteiger partial charge in [0.1, 0.15) is 5.52 Å². The molecule has 172 valence electrons. The van der Waals surface area contributed by atoms with Crippen LogP contribution in [0.4, 0.5) is 0 Å². The molecule has 0 radical (unpaired) electrons. The summed E-state index contributed by atoms with van der Waals surface area (Å²) < 4.78 is 11.3. The SMILES string of the molecule is O=C1CC[C@@H](C(=O)N2CCC(c3nc4ccccc4o3)CC2)CN1CCN1CCOCC1. The van der Waals surface area contributed by atoms with Crippen molar-refractivity contribution in [3.05, 3.63) is 30.2 Å². The number of fused-ring (bicyclic) bond motifs is 1. The Kier molecular flexibility index (Phi) is 6.41. The average molecular weight is 441 g/mol. The fourth-order valence-electron chi connectivity index (χ4n) is 5.09. The number of benzene rings is 1. The Morgan fingerprint density at radius 2 is 1.81 bits per heavy atom. The largest absolute Gasteiger partial charge is 0.440 e. The van der Waals surface area contributed by atoms with Crippen molar-refractivity contribution in [2.45, 2.75) is 31.6 Å². The number of likely N-dealkylation sites (tertiary alicyclic amines) is 2. The molecule has 1 aromatic carbocycles. The number of amides is 2. The molecule has 3 aliphatic heterocycles. The zero-order valence-corrected chi connectivity index (χ0v) is 18.6. The molecular weight excluding hydrogens is 408 g/mol. The second kappa shape index (κ2) is 9.58. The van der Waals surface area contributed by atoms with Crippen LogP contribution in [0.5, 0.6) is 0 Å². The van der Waals surface area contributed by atoms with Crippen molar-refractivity contribution >= 4 is 22.9 Å². The Bertz CT molecular complexity index is 913. The maximum atomic E-state index is 13.2. The number of piperidine rings is 2. The van der Waals surface area contributed by atoms with Crippen LogP contribution in [0, 0.1) is 5.92 Å². The molecule has 0 saturated carbocycles. The molecule has 2 aromatic rings. The number of aromatic nitrogens is 1. The summed E-state index contributed by atoms with van der Waals surface area (Å²) in [5, 5.41) is 0. The molecule has 1 aromatic heterocycles. The maximum Gasteiger partial charge on any atom is 0.227 e. The van der Waals surface area contributed by atoms with Crippen LogP contribution >= 0.6 is 0 Å². The minimum atomic E-state index is -0.0849. The third-order valence-electron chi connectivity index (χ3n) is 7.11. The second-order valence-electron chi connectivity index (χ2n) is 9.15. The van der Waals surface area contributed by atoms with Gasteiger partial charge in [0, 0.05) is 58.2 Å². The summed E-state index contributed by atoms with van der Waals surface area (Å²) in [5.41, 5.74) is 1.72. The van der Waals surface area contributed by atoms with E-state index in [-0.39, 0.29) is 23.7 Å². The lowest BCUT2D eigenvalue weighted by Crippen LogP contribution is -2.50. The summed E-state index contributed by atoms with van der Waals surface area (Å²) in [4.78, 5) is 36.5. The van der Waals surface area contributed by atoms with Crippen LogP contribution in [0.25, 0.3) is 11.1 Å². The first kappa shape index (κ1) is 21.4. The van der Waals surface area contributed by atoms with Gasteiger partial charge in [-0.05, 0) is 31.4 Å². The van der Waals surface area contributed by atoms with Gasteiger partial charge in [-0.15, -0.1) is 0 Å². The molecule has 0 spiro atoms. The highest BCUT2D eigenvalue weighted by Gasteiger charge is 2.35. The van der Waals surface area contributed by atoms with E-state index in [1.54, 1.807) is 0 Å². The molecule has 1 atom stereocenters. The first-order valence-electron chi connectivity index (χ1n) is 11.9. The molecule has 8 heteroatoms. The van der Waals surface area contributed by atoms with E-state index >= 15 is 0 Å². The van der Waals surface area contributed by atoms with Gasteiger partial charge in [0.25, 0.3) is 0 Å². The number of rotatable bonds is 5. The van der Waals surface area contributed by atoms with E-state index in [0.29, 0.717) is 25.9 Å². The molecule has 8 nitrogen and oxygen atoms in total. The van der Waals surface area contributed by atoms with Crippen molar-refractivity contribution in [2.75, 3.05) is 59.0 Å². The molecule has 0 unspecified atom stereocenters. The summed E-state index contributed by atoms with van der Waals surface area (Å²) in [6.07, 6.45) is 2.87. The zero-order valence-electron chi connectivity index (χ0n) is 18.6. The van der Waals surface area contributed by atoms with Crippen molar-refractivity contribution in [3.63, 3.8) is 0 Å². The Morgan fingerprint density at radius 3 is 2.59 bits per heavy atom. The van der Waals surface area contributed by atoms with Crippen molar-refractivity contribution in [3.8, 4) is 0 Å². The molecule has 5 rings (SSSR count). The monoisotopic (exact) mass is 440 g/mol. The predicted octanol–water partition coefficient (Wildman–Crippen LogP) is 2.10. The van der Waals surface area contributed by atoms with Gasteiger partial charge in [0.15, 0.2) is 11.5 Å². The van der Waals surface area contributed by atoms with Crippen LogP contribution in [-0.4, -0.2) is 90.5 Å². The summed E-state index contributed by atoms with van der Waals surface area (Å²) in [6, 6.07) is 7.84. The normalized spacial score (nSPS) is 23.8. The number of carbonyl (C=O) groups excluding carboxylic acids is 2. The number of ether oxygens (including phenoxy) is 1. The number of carbonyl (C=O) groups is 2. The van der Waals surface area contributed by atoms with Gasteiger partial charge in [0.2, 0.25) is 11.8 Å². The van der Waals surface area contributed by atoms with Crippen molar-refractivity contribution in [1.29, 1.82) is 0 Å². The zero-order chi connectivity index (χ0) is 21.9. The first-order chi connectivity index (χ1) is 15.7. The van der Waals surface area contributed by atoms with Gasteiger partial charge in [-0.25, -0.2) is 4.98 Å².